The van der Waals surface area contributed by atoms with Gasteiger partial charge in [-0.15, -0.1) is 0 Å². The molecule has 0 fully saturated rings. The molecule has 1 rings (SSSR count). The Morgan fingerprint density at radius 3 is 2.38 bits per heavy atom. The topological polar surface area (TPSA) is 79.5 Å². The van der Waals surface area contributed by atoms with E-state index >= 15 is 0 Å². The van der Waals surface area contributed by atoms with E-state index < -0.39 is 24.2 Å². The highest BCUT2D eigenvalue weighted by molar-refractivity contribution is 5.94. The maximum atomic E-state index is 12.3. The molecule has 0 unspecified atom stereocenters. The fraction of sp³-hybridized carbons (Fsp3) is 0.500. The lowest BCUT2D eigenvalue weighted by molar-refractivity contribution is -0.123. The second-order valence-electron chi connectivity index (χ2n) is 6.37. The van der Waals surface area contributed by atoms with Crippen LogP contribution >= 0.6 is 0 Å². The van der Waals surface area contributed by atoms with Crippen LogP contribution in [0.5, 0.6) is 5.75 Å². The standard InChI is InChI=1S/C16H23F2N3O3/c1-9-11(7-6-8-12(9)24-14(17)18)20-15(23)19-10(2)13(22)21-16(3,4)5/h6-8,10,14H,1-5H3,(H,21,22)(H2,19,20,23)/t10-/m1/s1. The second kappa shape index (κ2) is 7.94. The molecule has 1 aromatic carbocycles. The van der Waals surface area contributed by atoms with Gasteiger partial charge in [-0.3, -0.25) is 4.79 Å². The third-order valence-corrected chi connectivity index (χ3v) is 2.99. The van der Waals surface area contributed by atoms with Gasteiger partial charge in [0.1, 0.15) is 11.8 Å². The number of alkyl halides is 2. The van der Waals surface area contributed by atoms with E-state index in [4.69, 9.17) is 0 Å². The molecule has 0 radical (unpaired) electrons. The molecular weight excluding hydrogens is 320 g/mol. The molecule has 0 aliphatic carbocycles. The number of hydrogen-bond donors (Lipinski definition) is 3. The van der Waals surface area contributed by atoms with E-state index in [1.165, 1.54) is 12.1 Å². The molecule has 0 saturated carbocycles. The molecule has 0 aromatic heterocycles. The first-order valence-electron chi connectivity index (χ1n) is 7.43. The Morgan fingerprint density at radius 2 is 1.83 bits per heavy atom. The number of carbonyl (C=O) groups is 2. The largest absolute Gasteiger partial charge is 0.434 e. The molecule has 0 heterocycles. The van der Waals surface area contributed by atoms with Crippen molar-refractivity contribution in [2.45, 2.75) is 52.8 Å². The molecule has 3 amide bonds. The van der Waals surface area contributed by atoms with Crippen LogP contribution in [0.25, 0.3) is 0 Å². The van der Waals surface area contributed by atoms with E-state index in [2.05, 4.69) is 20.7 Å². The summed E-state index contributed by atoms with van der Waals surface area (Å²) in [5.74, 6) is -0.356. The Kier molecular flexibility index (Phi) is 6.51. The minimum absolute atomic E-state index is 0.0266. The molecule has 6 nitrogen and oxygen atoms in total. The van der Waals surface area contributed by atoms with Crippen molar-refractivity contribution >= 4 is 17.6 Å². The van der Waals surface area contributed by atoms with Crippen molar-refractivity contribution in [1.29, 1.82) is 0 Å². The van der Waals surface area contributed by atoms with Gasteiger partial charge in [0, 0.05) is 16.8 Å². The number of ether oxygens (including phenoxy) is 1. The predicted octanol–water partition coefficient (Wildman–Crippen LogP) is 3.02. The molecule has 3 N–H and O–H groups in total. The van der Waals surface area contributed by atoms with E-state index in [1.54, 1.807) is 19.9 Å². The van der Waals surface area contributed by atoms with E-state index in [9.17, 15) is 18.4 Å². The number of halogens is 2. The number of anilines is 1. The van der Waals surface area contributed by atoms with Gasteiger partial charge >= 0.3 is 12.6 Å². The maximum absolute atomic E-state index is 12.3. The second-order valence-corrected chi connectivity index (χ2v) is 6.37. The quantitative estimate of drug-likeness (QED) is 0.769. The summed E-state index contributed by atoms with van der Waals surface area (Å²) < 4.78 is 29.0. The fourth-order valence-corrected chi connectivity index (χ4v) is 1.87. The van der Waals surface area contributed by atoms with Crippen LogP contribution in [0.15, 0.2) is 18.2 Å². The fourth-order valence-electron chi connectivity index (χ4n) is 1.87. The minimum atomic E-state index is -2.95. The molecule has 8 heteroatoms. The van der Waals surface area contributed by atoms with Crippen molar-refractivity contribution < 1.29 is 23.1 Å². The summed E-state index contributed by atoms with van der Waals surface area (Å²) in [7, 11) is 0. The summed E-state index contributed by atoms with van der Waals surface area (Å²) in [5.41, 5.74) is 0.259. The lowest BCUT2D eigenvalue weighted by Crippen LogP contribution is -2.51. The van der Waals surface area contributed by atoms with Crippen LogP contribution < -0.4 is 20.7 Å². The van der Waals surface area contributed by atoms with Gasteiger partial charge in [0.15, 0.2) is 0 Å². The highest BCUT2D eigenvalue weighted by atomic mass is 19.3. The molecule has 0 bridgehead atoms. The Labute approximate surface area is 139 Å². The van der Waals surface area contributed by atoms with Crippen molar-refractivity contribution in [1.82, 2.24) is 10.6 Å². The zero-order chi connectivity index (χ0) is 18.5. The minimum Gasteiger partial charge on any atom is -0.434 e. The molecular formula is C16H23F2N3O3. The third-order valence-electron chi connectivity index (χ3n) is 2.99. The van der Waals surface area contributed by atoms with Crippen molar-refractivity contribution in [2.75, 3.05) is 5.32 Å². The Hall–Kier alpha value is -2.38. The first kappa shape index (κ1) is 19.7. The van der Waals surface area contributed by atoms with Gasteiger partial charge in [0.05, 0.1) is 0 Å². The average Bonchev–Trinajstić information content (AvgIpc) is 2.40. The SMILES string of the molecule is Cc1c(NC(=O)N[C@H](C)C(=O)NC(C)(C)C)cccc1OC(F)F. The van der Waals surface area contributed by atoms with Gasteiger partial charge in [-0.1, -0.05) is 6.07 Å². The number of rotatable bonds is 5. The highest BCUT2D eigenvalue weighted by Gasteiger charge is 2.21. The van der Waals surface area contributed by atoms with E-state index in [-0.39, 0.29) is 11.7 Å². The lowest BCUT2D eigenvalue weighted by Gasteiger charge is -2.23. The maximum Gasteiger partial charge on any atom is 0.387 e. The van der Waals surface area contributed by atoms with Crippen LogP contribution in [0.2, 0.25) is 0 Å². The van der Waals surface area contributed by atoms with E-state index in [1.807, 2.05) is 20.8 Å². The number of hydrogen-bond acceptors (Lipinski definition) is 3. The molecule has 134 valence electrons. The predicted molar refractivity (Wildman–Crippen MR) is 87.3 cm³/mol. The van der Waals surface area contributed by atoms with Crippen molar-refractivity contribution in [2.24, 2.45) is 0 Å². The molecule has 24 heavy (non-hydrogen) atoms. The highest BCUT2D eigenvalue weighted by Crippen LogP contribution is 2.26. The number of benzene rings is 1. The number of urea groups is 1. The first-order valence-corrected chi connectivity index (χ1v) is 7.43. The summed E-state index contributed by atoms with van der Waals surface area (Å²) in [6.07, 6.45) is 0. The summed E-state index contributed by atoms with van der Waals surface area (Å²) in [4.78, 5) is 23.9. The number of nitrogens with one attached hydrogen (secondary N) is 3. The molecule has 0 aliphatic heterocycles. The molecule has 0 spiro atoms. The van der Waals surface area contributed by atoms with Gasteiger partial charge < -0.3 is 20.7 Å². The molecule has 1 atom stereocenters. The van der Waals surface area contributed by atoms with E-state index in [0.29, 0.717) is 11.3 Å². The molecule has 0 aliphatic rings. The average molecular weight is 343 g/mol. The van der Waals surface area contributed by atoms with Crippen molar-refractivity contribution in [3.63, 3.8) is 0 Å². The zero-order valence-electron chi connectivity index (χ0n) is 14.4. The van der Waals surface area contributed by atoms with Gasteiger partial charge in [0.25, 0.3) is 0 Å². The van der Waals surface area contributed by atoms with Crippen LogP contribution in [0, 0.1) is 6.92 Å². The molecule has 1 aromatic rings. The van der Waals surface area contributed by atoms with Crippen molar-refractivity contribution in [3.8, 4) is 5.75 Å². The Balaban J connectivity index is 2.70. The number of carbonyl (C=O) groups excluding carboxylic acids is 2. The van der Waals surface area contributed by atoms with Crippen molar-refractivity contribution in [3.05, 3.63) is 23.8 Å². The summed E-state index contributed by atoms with van der Waals surface area (Å²) in [6.45, 7) is 5.63. The smallest absolute Gasteiger partial charge is 0.387 e. The van der Waals surface area contributed by atoms with E-state index in [0.717, 1.165) is 0 Å². The van der Waals surface area contributed by atoms with Crippen LogP contribution in [-0.2, 0) is 4.79 Å². The Bertz CT molecular complexity index is 601. The first-order chi connectivity index (χ1) is 11.0. The van der Waals surface area contributed by atoms with Crippen LogP contribution in [0.3, 0.4) is 0 Å². The monoisotopic (exact) mass is 343 g/mol. The number of amides is 3. The molecule has 0 saturated heterocycles. The summed E-state index contributed by atoms with van der Waals surface area (Å²) in [6, 6.07) is 3.03. The van der Waals surface area contributed by atoms with Gasteiger partial charge in [-0.2, -0.15) is 8.78 Å². The van der Waals surface area contributed by atoms with Gasteiger partial charge in [0.2, 0.25) is 5.91 Å². The van der Waals surface area contributed by atoms with Gasteiger partial charge in [-0.25, -0.2) is 4.79 Å². The normalized spacial score (nSPS) is 12.5. The lowest BCUT2D eigenvalue weighted by atomic mass is 10.1. The Morgan fingerprint density at radius 1 is 1.21 bits per heavy atom. The van der Waals surface area contributed by atoms with Crippen LogP contribution in [-0.4, -0.2) is 30.1 Å². The van der Waals surface area contributed by atoms with Gasteiger partial charge in [-0.05, 0) is 46.8 Å². The summed E-state index contributed by atoms with van der Waals surface area (Å²) in [5, 5.41) is 7.75. The van der Waals surface area contributed by atoms with Crippen LogP contribution in [0.4, 0.5) is 19.3 Å². The summed E-state index contributed by atoms with van der Waals surface area (Å²) >= 11 is 0. The third kappa shape index (κ3) is 6.39. The van der Waals surface area contributed by atoms with Crippen LogP contribution in [0.1, 0.15) is 33.3 Å². The zero-order valence-corrected chi connectivity index (χ0v) is 14.4.